The fourth-order valence-corrected chi connectivity index (χ4v) is 3.40. The van der Waals surface area contributed by atoms with Gasteiger partial charge in [0.25, 0.3) is 5.92 Å². The minimum absolute atomic E-state index is 0.0101. The van der Waals surface area contributed by atoms with Gasteiger partial charge in [-0.3, -0.25) is 0 Å². The maximum Gasteiger partial charge on any atom is 0.283 e. The summed E-state index contributed by atoms with van der Waals surface area (Å²) in [5.41, 5.74) is 0.359. The first-order valence-electron chi connectivity index (χ1n) is 7.40. The summed E-state index contributed by atoms with van der Waals surface area (Å²) < 4.78 is 57.3. The molecule has 0 aliphatic carbocycles. The van der Waals surface area contributed by atoms with E-state index in [4.69, 9.17) is 0 Å². The molecular formula is C16H13F4N3O. The van der Waals surface area contributed by atoms with Crippen molar-refractivity contribution in [1.29, 1.82) is 0 Å². The quantitative estimate of drug-likeness (QED) is 0.670. The molecule has 0 spiro atoms. The van der Waals surface area contributed by atoms with Crippen LogP contribution in [0.4, 0.5) is 17.6 Å². The third kappa shape index (κ3) is 2.17. The number of benzene rings is 1. The van der Waals surface area contributed by atoms with E-state index in [0.29, 0.717) is 0 Å². The van der Waals surface area contributed by atoms with E-state index in [-0.39, 0.29) is 28.5 Å². The molecule has 0 radical (unpaired) electrons. The van der Waals surface area contributed by atoms with Crippen LogP contribution < -0.4 is 5.32 Å². The number of hydrogen-bond acceptors (Lipinski definition) is 3. The Morgan fingerprint density at radius 1 is 1.17 bits per heavy atom. The number of fused-ring (bicyclic) bond motifs is 3. The van der Waals surface area contributed by atoms with Crippen LogP contribution in [0.15, 0.2) is 30.5 Å². The van der Waals surface area contributed by atoms with E-state index in [0.717, 1.165) is 24.4 Å². The molecule has 4 rings (SSSR count). The topological polar surface area (TPSA) is 50.1 Å². The Kier molecular flexibility index (Phi) is 3.29. The van der Waals surface area contributed by atoms with Crippen molar-refractivity contribution >= 4 is 21.9 Å². The molecule has 2 atom stereocenters. The largest absolute Gasteiger partial charge is 0.389 e. The molecule has 3 aromatic rings. The fraction of sp³-hybridized carbons (Fsp3) is 0.312. The van der Waals surface area contributed by atoms with Gasteiger partial charge >= 0.3 is 0 Å². The lowest BCUT2D eigenvalue weighted by atomic mass is 9.99. The summed E-state index contributed by atoms with van der Waals surface area (Å²) >= 11 is 0. The molecule has 1 saturated heterocycles. The van der Waals surface area contributed by atoms with Crippen LogP contribution in [0.2, 0.25) is 0 Å². The van der Waals surface area contributed by atoms with Gasteiger partial charge in [0.05, 0.1) is 24.4 Å². The van der Waals surface area contributed by atoms with Crippen LogP contribution >= 0.6 is 0 Å². The first-order chi connectivity index (χ1) is 11.4. The van der Waals surface area contributed by atoms with Crippen molar-refractivity contribution in [1.82, 2.24) is 14.9 Å². The van der Waals surface area contributed by atoms with Crippen molar-refractivity contribution in [3.63, 3.8) is 0 Å². The molecule has 2 N–H and O–H groups in total. The van der Waals surface area contributed by atoms with Gasteiger partial charge in [0, 0.05) is 17.3 Å². The minimum atomic E-state index is -3.25. The number of hydrogen-bond donors (Lipinski definition) is 2. The third-order valence-corrected chi connectivity index (χ3v) is 4.36. The molecule has 0 amide bonds. The van der Waals surface area contributed by atoms with Crippen LogP contribution in [0.1, 0.15) is 6.04 Å². The molecule has 2 aromatic heterocycles. The van der Waals surface area contributed by atoms with Crippen LogP contribution in [0.5, 0.6) is 0 Å². The van der Waals surface area contributed by atoms with Crippen molar-refractivity contribution in [2.75, 3.05) is 13.1 Å². The molecule has 1 fully saturated rings. The van der Waals surface area contributed by atoms with Crippen LogP contribution in [-0.4, -0.2) is 39.8 Å². The normalized spacial score (nSPS) is 23.9. The number of β-amino-alcohol motifs (C(OH)–C–C–N with tert-alkyl or cyclic N) is 1. The highest BCUT2D eigenvalue weighted by atomic mass is 19.3. The summed E-state index contributed by atoms with van der Waals surface area (Å²) in [7, 11) is 0. The second kappa shape index (κ2) is 5.15. The third-order valence-electron chi connectivity index (χ3n) is 4.36. The molecule has 24 heavy (non-hydrogen) atoms. The van der Waals surface area contributed by atoms with Gasteiger partial charge in [-0.2, -0.15) is 0 Å². The summed E-state index contributed by atoms with van der Waals surface area (Å²) in [5.74, 6) is -4.46. The van der Waals surface area contributed by atoms with E-state index >= 15 is 0 Å². The SMILES string of the molecule is O[C@@H]1CNCC(F)(F)[C@H]1n1c2ccc(F)cc2c2cc(F)cnc21. The molecule has 0 bridgehead atoms. The number of halogens is 4. The Hall–Kier alpha value is -2.19. The van der Waals surface area contributed by atoms with Gasteiger partial charge in [0.2, 0.25) is 0 Å². The average molecular weight is 339 g/mol. The number of nitrogens with zero attached hydrogens (tertiary/aromatic N) is 2. The van der Waals surface area contributed by atoms with Gasteiger partial charge in [-0.1, -0.05) is 0 Å². The Balaban J connectivity index is 2.10. The van der Waals surface area contributed by atoms with Crippen LogP contribution in [0.3, 0.4) is 0 Å². The Labute approximate surface area is 133 Å². The molecule has 1 aromatic carbocycles. The molecule has 4 nitrogen and oxygen atoms in total. The van der Waals surface area contributed by atoms with Crippen LogP contribution in [-0.2, 0) is 0 Å². The smallest absolute Gasteiger partial charge is 0.283 e. The van der Waals surface area contributed by atoms with E-state index in [1.54, 1.807) is 0 Å². The summed E-state index contributed by atoms with van der Waals surface area (Å²) in [6, 6.07) is 3.18. The second-order valence-corrected chi connectivity index (χ2v) is 5.96. The van der Waals surface area contributed by atoms with Crippen molar-refractivity contribution in [2.24, 2.45) is 0 Å². The van der Waals surface area contributed by atoms with Gasteiger partial charge in [0.1, 0.15) is 23.3 Å². The predicted molar refractivity (Wildman–Crippen MR) is 80.0 cm³/mol. The molecule has 1 aliphatic heterocycles. The molecule has 0 unspecified atom stereocenters. The Morgan fingerprint density at radius 3 is 2.67 bits per heavy atom. The summed E-state index contributed by atoms with van der Waals surface area (Å²) in [5, 5.41) is 13.1. The van der Waals surface area contributed by atoms with Gasteiger partial charge in [-0.15, -0.1) is 0 Å². The summed E-state index contributed by atoms with van der Waals surface area (Å²) in [4.78, 5) is 3.92. The molecule has 0 saturated carbocycles. The van der Waals surface area contributed by atoms with Crippen molar-refractivity contribution < 1.29 is 22.7 Å². The zero-order valence-electron chi connectivity index (χ0n) is 12.3. The monoisotopic (exact) mass is 339 g/mol. The van der Waals surface area contributed by atoms with Gasteiger partial charge in [-0.25, -0.2) is 22.5 Å². The lowest BCUT2D eigenvalue weighted by Gasteiger charge is -2.37. The molecule has 3 heterocycles. The van der Waals surface area contributed by atoms with Crippen LogP contribution in [0, 0.1) is 11.6 Å². The number of alkyl halides is 2. The van der Waals surface area contributed by atoms with Gasteiger partial charge in [0.15, 0.2) is 0 Å². The van der Waals surface area contributed by atoms with Crippen molar-refractivity contribution in [3.05, 3.63) is 42.1 Å². The fourth-order valence-electron chi connectivity index (χ4n) is 3.40. The number of aliphatic hydroxyl groups is 1. The van der Waals surface area contributed by atoms with Crippen molar-refractivity contribution in [3.8, 4) is 0 Å². The summed E-state index contributed by atoms with van der Waals surface area (Å²) in [6.07, 6.45) is -0.455. The first kappa shape index (κ1) is 15.3. The van der Waals surface area contributed by atoms with Crippen LogP contribution in [0.25, 0.3) is 21.9 Å². The number of pyridine rings is 1. The van der Waals surface area contributed by atoms with Gasteiger partial charge in [-0.05, 0) is 24.3 Å². The van der Waals surface area contributed by atoms with Crippen molar-refractivity contribution in [2.45, 2.75) is 18.1 Å². The lowest BCUT2D eigenvalue weighted by molar-refractivity contribution is -0.110. The molecule has 8 heteroatoms. The van der Waals surface area contributed by atoms with E-state index in [9.17, 15) is 22.7 Å². The summed E-state index contributed by atoms with van der Waals surface area (Å²) in [6.45, 7) is -0.609. The Bertz CT molecular complexity index is 881. The van der Waals surface area contributed by atoms with E-state index < -0.39 is 36.2 Å². The van der Waals surface area contributed by atoms with E-state index in [1.165, 1.54) is 10.6 Å². The highest BCUT2D eigenvalue weighted by Gasteiger charge is 2.49. The standard InChI is InChI=1S/C16H13F4N3O/c17-8-1-2-12-10(3-8)11-4-9(18)5-22-15(11)23(12)14-13(24)6-21-7-16(14,19)20/h1-5,13-14,21,24H,6-7H2/t13-,14+/m1/s1. The number of aliphatic hydroxyl groups excluding tert-OH is 1. The number of nitrogens with one attached hydrogen (secondary N) is 1. The zero-order valence-corrected chi connectivity index (χ0v) is 12.3. The first-order valence-corrected chi connectivity index (χ1v) is 7.40. The highest BCUT2D eigenvalue weighted by Crippen LogP contribution is 2.40. The maximum absolute atomic E-state index is 14.5. The number of rotatable bonds is 1. The van der Waals surface area contributed by atoms with E-state index in [1.807, 2.05) is 0 Å². The lowest BCUT2D eigenvalue weighted by Crippen LogP contribution is -2.54. The highest BCUT2D eigenvalue weighted by molar-refractivity contribution is 6.06. The zero-order chi connectivity index (χ0) is 17.1. The number of aromatic nitrogens is 2. The predicted octanol–water partition coefficient (Wildman–Crippen LogP) is 2.61. The van der Waals surface area contributed by atoms with Gasteiger partial charge < -0.3 is 15.0 Å². The molecular weight excluding hydrogens is 326 g/mol. The van der Waals surface area contributed by atoms with E-state index in [2.05, 4.69) is 10.3 Å². The maximum atomic E-state index is 14.5. The second-order valence-electron chi connectivity index (χ2n) is 5.96. The molecule has 1 aliphatic rings. The number of piperidine rings is 1. The Morgan fingerprint density at radius 2 is 1.92 bits per heavy atom. The minimum Gasteiger partial charge on any atom is -0.389 e. The molecule has 126 valence electrons. The average Bonchev–Trinajstić information content (AvgIpc) is 2.80.